The van der Waals surface area contributed by atoms with Crippen molar-refractivity contribution < 1.29 is 13.7 Å². The molecular weight excluding hydrogens is 177 g/mol. The molecule has 1 fully saturated rings. The third-order valence-corrected chi connectivity index (χ3v) is 2.05. The standard InChI is InChI=1S/C8H9B3O3/c1-2-7-3-5-8(6-4-7)11-13-9-12-10-14-11/h2-6,9-10H,1H2. The van der Waals surface area contributed by atoms with Crippen molar-refractivity contribution in [1.82, 2.24) is 0 Å². The number of hydrogen-bond acceptors (Lipinski definition) is 3. The van der Waals surface area contributed by atoms with Crippen LogP contribution in [0.4, 0.5) is 0 Å². The Morgan fingerprint density at radius 1 is 1.14 bits per heavy atom. The summed E-state index contributed by atoms with van der Waals surface area (Å²) in [7, 11) is 0.268. The van der Waals surface area contributed by atoms with E-state index in [1.165, 1.54) is 0 Å². The van der Waals surface area contributed by atoms with E-state index >= 15 is 0 Å². The van der Waals surface area contributed by atoms with Crippen molar-refractivity contribution in [2.24, 2.45) is 0 Å². The number of rotatable bonds is 2. The van der Waals surface area contributed by atoms with Crippen LogP contribution in [0.2, 0.25) is 0 Å². The molecule has 0 saturated carbocycles. The lowest BCUT2D eigenvalue weighted by Gasteiger charge is -2.19. The predicted octanol–water partition coefficient (Wildman–Crippen LogP) is -0.379. The van der Waals surface area contributed by atoms with Crippen LogP contribution in [0.1, 0.15) is 5.56 Å². The monoisotopic (exact) mass is 186 g/mol. The molecule has 6 heteroatoms. The molecule has 1 aliphatic heterocycles. The largest absolute Gasteiger partial charge is 0.466 e. The summed E-state index contributed by atoms with van der Waals surface area (Å²) in [4.78, 5) is 0. The Balaban J connectivity index is 2.11. The zero-order valence-corrected chi connectivity index (χ0v) is 7.81. The Bertz CT molecular complexity index is 308. The summed E-state index contributed by atoms with van der Waals surface area (Å²) in [5, 5.41) is 0. The van der Waals surface area contributed by atoms with E-state index in [1.54, 1.807) is 6.08 Å². The van der Waals surface area contributed by atoms with Gasteiger partial charge in [0.25, 0.3) is 0 Å². The van der Waals surface area contributed by atoms with Crippen LogP contribution < -0.4 is 5.46 Å². The van der Waals surface area contributed by atoms with Crippen molar-refractivity contribution in [3.05, 3.63) is 36.4 Å². The van der Waals surface area contributed by atoms with E-state index in [0.29, 0.717) is 0 Å². The van der Waals surface area contributed by atoms with E-state index in [4.69, 9.17) is 13.7 Å². The summed E-state index contributed by atoms with van der Waals surface area (Å²) in [5.41, 5.74) is 2.08. The molecule has 2 rings (SSSR count). The van der Waals surface area contributed by atoms with Gasteiger partial charge in [0.15, 0.2) is 0 Å². The van der Waals surface area contributed by atoms with Crippen molar-refractivity contribution in [3.8, 4) is 0 Å². The fraction of sp³-hybridized carbons (Fsp3) is 0. The Hall–Kier alpha value is -0.965. The van der Waals surface area contributed by atoms with Crippen LogP contribution >= 0.6 is 0 Å². The number of benzene rings is 1. The van der Waals surface area contributed by atoms with Crippen LogP contribution in [0.25, 0.3) is 6.08 Å². The van der Waals surface area contributed by atoms with Crippen LogP contribution in [0.3, 0.4) is 0 Å². The minimum absolute atomic E-state index is 0.286. The minimum atomic E-state index is -0.303. The van der Waals surface area contributed by atoms with E-state index in [-0.39, 0.29) is 22.5 Å². The van der Waals surface area contributed by atoms with Crippen LogP contribution in [0.5, 0.6) is 0 Å². The summed E-state index contributed by atoms with van der Waals surface area (Å²) >= 11 is 0. The molecule has 14 heavy (non-hydrogen) atoms. The normalized spacial score (nSPS) is 15.6. The molecule has 3 nitrogen and oxygen atoms in total. The van der Waals surface area contributed by atoms with E-state index < -0.39 is 0 Å². The topological polar surface area (TPSA) is 27.7 Å². The van der Waals surface area contributed by atoms with Gasteiger partial charge in [-0.15, -0.1) is 0 Å². The molecule has 0 unspecified atom stereocenters. The zero-order chi connectivity index (χ0) is 9.80. The molecule has 0 bridgehead atoms. The number of hydrogen-bond donors (Lipinski definition) is 0. The van der Waals surface area contributed by atoms with Gasteiger partial charge in [-0.1, -0.05) is 36.9 Å². The first-order chi connectivity index (χ1) is 6.90. The van der Waals surface area contributed by atoms with E-state index in [1.807, 2.05) is 24.3 Å². The zero-order valence-electron chi connectivity index (χ0n) is 7.81. The molecule has 1 heterocycles. The van der Waals surface area contributed by atoms with Crippen molar-refractivity contribution in [3.63, 3.8) is 0 Å². The summed E-state index contributed by atoms with van der Waals surface area (Å²) in [6.45, 7) is 3.69. The molecule has 0 amide bonds. The molecule has 0 spiro atoms. The van der Waals surface area contributed by atoms with Crippen molar-refractivity contribution >= 4 is 34.0 Å². The molecule has 0 N–H and O–H groups in total. The molecule has 0 atom stereocenters. The molecule has 0 radical (unpaired) electrons. The fourth-order valence-electron chi connectivity index (χ4n) is 1.28. The lowest BCUT2D eigenvalue weighted by Crippen LogP contribution is -2.44. The highest BCUT2D eigenvalue weighted by Gasteiger charge is 2.25. The molecule has 1 aromatic rings. The summed E-state index contributed by atoms with van der Waals surface area (Å²) in [6.07, 6.45) is 1.80. The Labute approximate surface area is 84.8 Å². The first-order valence-corrected chi connectivity index (χ1v) is 4.43. The molecular formula is C8H9B3O3. The quantitative estimate of drug-likeness (QED) is 0.588. The second-order valence-corrected chi connectivity index (χ2v) is 2.98. The van der Waals surface area contributed by atoms with Gasteiger partial charge >= 0.3 is 22.5 Å². The first kappa shape index (κ1) is 9.58. The van der Waals surface area contributed by atoms with Gasteiger partial charge in [-0.05, 0) is 11.0 Å². The maximum Gasteiger partial charge on any atom is 0.466 e. The van der Waals surface area contributed by atoms with Gasteiger partial charge in [-0.2, -0.15) is 0 Å². The van der Waals surface area contributed by atoms with E-state index in [2.05, 4.69) is 6.58 Å². The van der Waals surface area contributed by atoms with Gasteiger partial charge < -0.3 is 13.7 Å². The lowest BCUT2D eigenvalue weighted by molar-refractivity contribution is 0.334. The van der Waals surface area contributed by atoms with Crippen molar-refractivity contribution in [2.45, 2.75) is 0 Å². The molecule has 0 aliphatic carbocycles. The highest BCUT2D eigenvalue weighted by atomic mass is 16.7. The Kier molecular flexibility index (Phi) is 3.08. The van der Waals surface area contributed by atoms with Gasteiger partial charge in [0.1, 0.15) is 0 Å². The maximum atomic E-state index is 5.27. The molecule has 1 saturated heterocycles. The van der Waals surface area contributed by atoms with Gasteiger partial charge in [0.2, 0.25) is 0 Å². The highest BCUT2D eigenvalue weighted by molar-refractivity contribution is 6.71. The van der Waals surface area contributed by atoms with Crippen LogP contribution in [-0.4, -0.2) is 22.5 Å². The second-order valence-electron chi connectivity index (χ2n) is 2.98. The third-order valence-electron chi connectivity index (χ3n) is 2.05. The fourth-order valence-corrected chi connectivity index (χ4v) is 1.28. The van der Waals surface area contributed by atoms with Crippen LogP contribution in [0.15, 0.2) is 30.8 Å². The van der Waals surface area contributed by atoms with Gasteiger partial charge in [0.05, 0.1) is 0 Å². The van der Waals surface area contributed by atoms with Crippen LogP contribution in [0, 0.1) is 0 Å². The van der Waals surface area contributed by atoms with Gasteiger partial charge in [-0.25, -0.2) is 0 Å². The second kappa shape index (κ2) is 4.51. The van der Waals surface area contributed by atoms with Crippen LogP contribution in [-0.2, 0) is 13.7 Å². The maximum absolute atomic E-state index is 5.27. The van der Waals surface area contributed by atoms with Crippen molar-refractivity contribution in [2.75, 3.05) is 0 Å². The smallest absolute Gasteiger partial charge is 0.458 e. The average Bonchev–Trinajstić information content (AvgIpc) is 2.30. The minimum Gasteiger partial charge on any atom is -0.458 e. The van der Waals surface area contributed by atoms with Gasteiger partial charge in [0, 0.05) is 0 Å². The SMILES string of the molecule is C=Cc1ccc(B2OBOBO2)cc1. The average molecular weight is 186 g/mol. The van der Waals surface area contributed by atoms with Gasteiger partial charge in [-0.3, -0.25) is 0 Å². The summed E-state index contributed by atoms with van der Waals surface area (Å²) < 4.78 is 15.4. The third kappa shape index (κ3) is 2.09. The molecule has 0 aromatic heterocycles. The molecule has 1 aromatic carbocycles. The molecule has 1 aliphatic rings. The lowest BCUT2D eigenvalue weighted by atomic mass is 9.75. The summed E-state index contributed by atoms with van der Waals surface area (Å²) in [6, 6.07) is 7.88. The summed E-state index contributed by atoms with van der Waals surface area (Å²) in [5.74, 6) is 0. The van der Waals surface area contributed by atoms with E-state index in [9.17, 15) is 0 Å². The Morgan fingerprint density at radius 3 is 2.36 bits per heavy atom. The predicted molar refractivity (Wildman–Crippen MR) is 59.5 cm³/mol. The highest BCUT2D eigenvalue weighted by Crippen LogP contribution is 2.01. The molecule has 68 valence electrons. The van der Waals surface area contributed by atoms with E-state index in [0.717, 1.165) is 11.0 Å². The Morgan fingerprint density at radius 2 is 1.79 bits per heavy atom. The van der Waals surface area contributed by atoms with Crippen molar-refractivity contribution in [1.29, 1.82) is 0 Å². The first-order valence-electron chi connectivity index (χ1n) is 4.43.